The second-order valence-corrected chi connectivity index (χ2v) is 6.32. The van der Waals surface area contributed by atoms with Crippen LogP contribution in [0, 0.1) is 5.92 Å². The van der Waals surface area contributed by atoms with Crippen molar-refractivity contribution in [2.45, 2.75) is 83.3 Å². The van der Waals surface area contributed by atoms with Gasteiger partial charge in [-0.2, -0.15) is 0 Å². The first-order chi connectivity index (χ1) is 8.25. The lowest BCUT2D eigenvalue weighted by molar-refractivity contribution is 0.338. The minimum atomic E-state index is 0.677. The van der Waals surface area contributed by atoms with E-state index in [1.807, 2.05) is 0 Å². The quantitative estimate of drug-likeness (QED) is 0.786. The van der Waals surface area contributed by atoms with Crippen LogP contribution < -0.4 is 10.6 Å². The monoisotopic (exact) mass is 238 g/mol. The molecule has 1 aliphatic carbocycles. The third-order valence-electron chi connectivity index (χ3n) is 4.66. The van der Waals surface area contributed by atoms with Crippen molar-refractivity contribution < 1.29 is 0 Å². The molecule has 4 atom stereocenters. The number of rotatable bonds is 4. The van der Waals surface area contributed by atoms with Gasteiger partial charge in [0, 0.05) is 18.1 Å². The van der Waals surface area contributed by atoms with E-state index in [1.54, 1.807) is 0 Å². The molecule has 100 valence electrons. The lowest BCUT2D eigenvalue weighted by Crippen LogP contribution is -2.42. The van der Waals surface area contributed by atoms with Gasteiger partial charge < -0.3 is 10.6 Å². The van der Waals surface area contributed by atoms with Gasteiger partial charge in [0.2, 0.25) is 0 Å². The van der Waals surface area contributed by atoms with Gasteiger partial charge in [-0.15, -0.1) is 0 Å². The largest absolute Gasteiger partial charge is 0.314 e. The zero-order valence-corrected chi connectivity index (χ0v) is 11.7. The van der Waals surface area contributed by atoms with Crippen LogP contribution in [0.1, 0.15) is 65.2 Å². The maximum atomic E-state index is 3.86. The van der Waals surface area contributed by atoms with E-state index in [2.05, 4.69) is 24.5 Å². The predicted molar refractivity (Wildman–Crippen MR) is 74.3 cm³/mol. The maximum Gasteiger partial charge on any atom is 0.00951 e. The summed E-state index contributed by atoms with van der Waals surface area (Å²) in [7, 11) is 0. The molecule has 2 rings (SSSR count). The van der Waals surface area contributed by atoms with Crippen LogP contribution in [0.25, 0.3) is 0 Å². The summed E-state index contributed by atoms with van der Waals surface area (Å²) < 4.78 is 0. The lowest BCUT2D eigenvalue weighted by Gasteiger charge is -2.26. The van der Waals surface area contributed by atoms with Crippen molar-refractivity contribution in [1.29, 1.82) is 0 Å². The van der Waals surface area contributed by atoms with Gasteiger partial charge in [0.05, 0.1) is 0 Å². The van der Waals surface area contributed by atoms with Gasteiger partial charge in [-0.3, -0.25) is 0 Å². The molecule has 1 saturated heterocycles. The molecule has 0 aromatic rings. The van der Waals surface area contributed by atoms with Gasteiger partial charge in [0.1, 0.15) is 0 Å². The molecule has 0 aromatic heterocycles. The lowest BCUT2D eigenvalue weighted by atomic mass is 10.0. The Balaban J connectivity index is 1.70. The van der Waals surface area contributed by atoms with Crippen LogP contribution in [0.4, 0.5) is 0 Å². The third kappa shape index (κ3) is 4.26. The van der Waals surface area contributed by atoms with E-state index in [4.69, 9.17) is 0 Å². The van der Waals surface area contributed by atoms with Crippen molar-refractivity contribution in [3.8, 4) is 0 Å². The van der Waals surface area contributed by atoms with Crippen LogP contribution in [0.15, 0.2) is 0 Å². The first-order valence-corrected chi connectivity index (χ1v) is 7.75. The zero-order valence-electron chi connectivity index (χ0n) is 11.7. The second kappa shape index (κ2) is 6.75. The van der Waals surface area contributed by atoms with Crippen molar-refractivity contribution in [1.82, 2.24) is 10.6 Å². The van der Waals surface area contributed by atoms with Gasteiger partial charge in [0.25, 0.3) is 0 Å². The molecule has 4 unspecified atom stereocenters. The van der Waals surface area contributed by atoms with Crippen LogP contribution in [0.3, 0.4) is 0 Å². The second-order valence-electron chi connectivity index (χ2n) is 6.32. The van der Waals surface area contributed by atoms with Crippen LogP contribution in [0.2, 0.25) is 0 Å². The van der Waals surface area contributed by atoms with E-state index >= 15 is 0 Å². The highest BCUT2D eigenvalue weighted by Gasteiger charge is 2.25. The molecule has 2 fully saturated rings. The molecular weight excluding hydrogens is 208 g/mol. The smallest absolute Gasteiger partial charge is 0.00951 e. The summed E-state index contributed by atoms with van der Waals surface area (Å²) in [5.41, 5.74) is 0. The fourth-order valence-electron chi connectivity index (χ4n) is 3.56. The van der Waals surface area contributed by atoms with Crippen LogP contribution in [-0.4, -0.2) is 24.7 Å². The Morgan fingerprint density at radius 2 is 2.00 bits per heavy atom. The minimum absolute atomic E-state index is 0.677. The summed E-state index contributed by atoms with van der Waals surface area (Å²) in [5, 5.41) is 7.56. The Kier molecular flexibility index (Phi) is 5.30. The molecule has 17 heavy (non-hydrogen) atoms. The van der Waals surface area contributed by atoms with Crippen LogP contribution >= 0.6 is 0 Å². The fraction of sp³-hybridized carbons (Fsp3) is 1.00. The fourth-order valence-corrected chi connectivity index (χ4v) is 3.56. The SMILES string of the molecule is CC(CC1CCCCCN1)NC1CCCC1C. The standard InChI is InChI=1S/C15H30N2/c1-12-7-6-9-15(12)17-13(2)11-14-8-4-3-5-10-16-14/h12-17H,3-11H2,1-2H3. The van der Waals surface area contributed by atoms with E-state index in [1.165, 1.54) is 57.9 Å². The van der Waals surface area contributed by atoms with E-state index in [0.29, 0.717) is 6.04 Å². The average Bonchev–Trinajstić information content (AvgIpc) is 2.55. The van der Waals surface area contributed by atoms with E-state index in [9.17, 15) is 0 Å². The molecular formula is C15H30N2. The van der Waals surface area contributed by atoms with Crippen molar-refractivity contribution in [2.24, 2.45) is 5.92 Å². The minimum Gasteiger partial charge on any atom is -0.314 e. The summed E-state index contributed by atoms with van der Waals surface area (Å²) >= 11 is 0. The Hall–Kier alpha value is -0.0800. The molecule has 0 bridgehead atoms. The molecule has 2 N–H and O–H groups in total. The number of hydrogen-bond acceptors (Lipinski definition) is 2. The maximum absolute atomic E-state index is 3.86. The van der Waals surface area contributed by atoms with Gasteiger partial charge in [0.15, 0.2) is 0 Å². The molecule has 2 nitrogen and oxygen atoms in total. The summed E-state index contributed by atoms with van der Waals surface area (Å²) in [5.74, 6) is 0.888. The zero-order chi connectivity index (χ0) is 12.1. The van der Waals surface area contributed by atoms with Crippen LogP contribution in [-0.2, 0) is 0 Å². The summed E-state index contributed by atoms with van der Waals surface area (Å²) in [6.45, 7) is 6.01. The van der Waals surface area contributed by atoms with E-state index < -0.39 is 0 Å². The first-order valence-electron chi connectivity index (χ1n) is 7.75. The Bertz CT molecular complexity index is 209. The predicted octanol–water partition coefficient (Wildman–Crippen LogP) is 3.08. The summed E-state index contributed by atoms with van der Waals surface area (Å²) in [6.07, 6.45) is 11.1. The van der Waals surface area contributed by atoms with Crippen molar-refractivity contribution in [3.05, 3.63) is 0 Å². The molecule has 2 aliphatic rings. The molecule has 0 amide bonds. The van der Waals surface area contributed by atoms with Gasteiger partial charge >= 0.3 is 0 Å². The molecule has 1 saturated carbocycles. The Morgan fingerprint density at radius 1 is 1.12 bits per heavy atom. The molecule has 0 radical (unpaired) electrons. The Labute approximate surface area is 107 Å². The third-order valence-corrected chi connectivity index (χ3v) is 4.66. The van der Waals surface area contributed by atoms with Crippen molar-refractivity contribution >= 4 is 0 Å². The number of hydrogen-bond donors (Lipinski definition) is 2. The summed E-state index contributed by atoms with van der Waals surface area (Å²) in [4.78, 5) is 0. The molecule has 1 aliphatic heterocycles. The first kappa shape index (κ1) is 13.4. The highest BCUT2D eigenvalue weighted by atomic mass is 15.0. The normalized spacial score (nSPS) is 36.7. The Morgan fingerprint density at radius 3 is 2.76 bits per heavy atom. The van der Waals surface area contributed by atoms with E-state index in [-0.39, 0.29) is 0 Å². The van der Waals surface area contributed by atoms with Gasteiger partial charge in [-0.25, -0.2) is 0 Å². The highest BCUT2D eigenvalue weighted by Crippen LogP contribution is 2.25. The highest BCUT2D eigenvalue weighted by molar-refractivity contribution is 4.84. The topological polar surface area (TPSA) is 24.1 Å². The van der Waals surface area contributed by atoms with Gasteiger partial charge in [-0.1, -0.05) is 26.2 Å². The average molecular weight is 238 g/mol. The molecule has 1 heterocycles. The molecule has 0 aromatic carbocycles. The van der Waals surface area contributed by atoms with Crippen LogP contribution in [0.5, 0.6) is 0 Å². The van der Waals surface area contributed by atoms with Crippen molar-refractivity contribution in [2.75, 3.05) is 6.54 Å². The molecule has 2 heteroatoms. The summed E-state index contributed by atoms with van der Waals surface area (Å²) in [6, 6.07) is 2.23. The van der Waals surface area contributed by atoms with E-state index in [0.717, 1.165) is 18.0 Å². The van der Waals surface area contributed by atoms with Crippen molar-refractivity contribution in [3.63, 3.8) is 0 Å². The molecule has 0 spiro atoms. The number of nitrogens with one attached hydrogen (secondary N) is 2. The van der Waals surface area contributed by atoms with Gasteiger partial charge in [-0.05, 0) is 51.5 Å².